The number of hydrogen-bond donors (Lipinski definition) is 0. The van der Waals surface area contributed by atoms with Gasteiger partial charge in [0.15, 0.2) is 0 Å². The Bertz CT molecular complexity index is 762. The Morgan fingerprint density at radius 3 is 2.65 bits per heavy atom. The van der Waals surface area contributed by atoms with Gasteiger partial charge in [-0.15, -0.1) is 6.58 Å². The Morgan fingerprint density at radius 2 is 2.05 bits per heavy atom. The highest BCUT2D eigenvalue weighted by molar-refractivity contribution is 6.32. The first-order valence-corrected chi connectivity index (χ1v) is 6.23. The summed E-state index contributed by atoms with van der Waals surface area (Å²) < 4.78 is 7.58. The molecule has 1 aromatic carbocycles. The summed E-state index contributed by atoms with van der Waals surface area (Å²) in [6.45, 7) is 3.83. The highest BCUT2D eigenvalue weighted by atomic mass is 35.5. The zero-order valence-corrected chi connectivity index (χ0v) is 11.6. The van der Waals surface area contributed by atoms with Gasteiger partial charge in [-0.1, -0.05) is 17.7 Å². The Hall–Kier alpha value is -2.27. The van der Waals surface area contributed by atoms with E-state index in [9.17, 15) is 9.59 Å². The summed E-state index contributed by atoms with van der Waals surface area (Å²) in [6, 6.07) is 4.86. The van der Waals surface area contributed by atoms with E-state index in [0.717, 1.165) is 0 Å². The summed E-state index contributed by atoms with van der Waals surface area (Å²) in [5.41, 5.74) is -0.751. The Labute approximate surface area is 120 Å². The van der Waals surface area contributed by atoms with Gasteiger partial charge in [0, 0.05) is 18.9 Å². The van der Waals surface area contributed by atoms with Crippen LogP contribution in [0.3, 0.4) is 0 Å². The molecule has 0 radical (unpaired) electrons. The molecule has 6 heteroatoms. The maximum Gasteiger partial charge on any atom is 0.320 e. The fourth-order valence-electron chi connectivity index (χ4n) is 1.80. The zero-order valence-electron chi connectivity index (χ0n) is 10.9. The average molecular weight is 293 g/mol. The van der Waals surface area contributed by atoms with Gasteiger partial charge in [-0.2, -0.15) is 0 Å². The van der Waals surface area contributed by atoms with E-state index in [2.05, 4.69) is 6.58 Å². The summed E-state index contributed by atoms with van der Waals surface area (Å²) in [4.78, 5) is 23.9. The number of halogens is 1. The van der Waals surface area contributed by atoms with E-state index >= 15 is 0 Å². The standard InChI is InChI=1S/C14H13ClN2O3/c1-3-6-16-7-8-17(14(19)13(16)18)10-4-5-12(20-2)11(15)9-10/h3-5,7-9H,1,6H2,2H3. The van der Waals surface area contributed by atoms with Crippen molar-refractivity contribution in [2.24, 2.45) is 0 Å². The molecule has 20 heavy (non-hydrogen) atoms. The maximum absolute atomic E-state index is 12.1. The molecule has 2 rings (SSSR count). The molecule has 0 aliphatic rings. The van der Waals surface area contributed by atoms with Crippen molar-refractivity contribution in [1.29, 1.82) is 0 Å². The molecule has 0 fully saturated rings. The van der Waals surface area contributed by atoms with E-state index in [0.29, 0.717) is 16.5 Å². The molecule has 0 unspecified atom stereocenters. The number of nitrogens with zero attached hydrogens (tertiary/aromatic N) is 2. The summed E-state index contributed by atoms with van der Waals surface area (Å²) in [5.74, 6) is 0.503. The molecule has 104 valence electrons. The van der Waals surface area contributed by atoms with Gasteiger partial charge in [-0.05, 0) is 18.2 Å². The molecule has 2 aromatic rings. The molecule has 0 bridgehead atoms. The van der Waals surface area contributed by atoms with E-state index in [4.69, 9.17) is 16.3 Å². The lowest BCUT2D eigenvalue weighted by Crippen LogP contribution is -2.39. The lowest BCUT2D eigenvalue weighted by molar-refractivity contribution is 0.415. The average Bonchev–Trinajstić information content (AvgIpc) is 2.44. The van der Waals surface area contributed by atoms with Crippen LogP contribution in [0, 0.1) is 0 Å². The third-order valence-corrected chi connectivity index (χ3v) is 3.09. The Kier molecular flexibility index (Phi) is 4.10. The molecule has 0 saturated heterocycles. The number of allylic oxidation sites excluding steroid dienone is 1. The minimum absolute atomic E-state index is 0.290. The van der Waals surface area contributed by atoms with Gasteiger partial charge < -0.3 is 9.30 Å². The molecule has 0 N–H and O–H groups in total. The van der Waals surface area contributed by atoms with Gasteiger partial charge in [0.2, 0.25) is 0 Å². The van der Waals surface area contributed by atoms with Crippen molar-refractivity contribution < 1.29 is 4.74 Å². The van der Waals surface area contributed by atoms with Gasteiger partial charge in [-0.25, -0.2) is 0 Å². The number of methoxy groups -OCH3 is 1. The van der Waals surface area contributed by atoms with Crippen LogP contribution in [0.2, 0.25) is 5.02 Å². The predicted molar refractivity (Wildman–Crippen MR) is 78.1 cm³/mol. The van der Waals surface area contributed by atoms with Crippen LogP contribution in [0.5, 0.6) is 5.75 Å². The van der Waals surface area contributed by atoms with Crippen LogP contribution in [-0.2, 0) is 6.54 Å². The fraction of sp³-hybridized carbons (Fsp3) is 0.143. The Morgan fingerprint density at radius 1 is 1.30 bits per heavy atom. The van der Waals surface area contributed by atoms with Crippen molar-refractivity contribution in [3.63, 3.8) is 0 Å². The third kappa shape index (κ3) is 2.53. The molecule has 1 heterocycles. The van der Waals surface area contributed by atoms with Crippen molar-refractivity contribution in [1.82, 2.24) is 9.13 Å². The number of rotatable bonds is 4. The normalized spacial score (nSPS) is 10.3. The van der Waals surface area contributed by atoms with Crippen molar-refractivity contribution >= 4 is 11.6 Å². The molecule has 0 spiro atoms. The highest BCUT2D eigenvalue weighted by Gasteiger charge is 2.08. The second-order valence-corrected chi connectivity index (χ2v) is 4.45. The number of benzene rings is 1. The highest BCUT2D eigenvalue weighted by Crippen LogP contribution is 2.25. The van der Waals surface area contributed by atoms with Crippen LogP contribution in [0.4, 0.5) is 0 Å². The second kappa shape index (κ2) is 5.79. The van der Waals surface area contributed by atoms with E-state index in [1.807, 2.05) is 0 Å². The van der Waals surface area contributed by atoms with Crippen molar-refractivity contribution in [3.05, 3.63) is 69.0 Å². The first kappa shape index (κ1) is 14.1. The van der Waals surface area contributed by atoms with E-state index < -0.39 is 11.1 Å². The molecular weight excluding hydrogens is 280 g/mol. The van der Waals surface area contributed by atoms with Crippen LogP contribution in [0.1, 0.15) is 0 Å². The number of ether oxygens (including phenoxy) is 1. The number of aromatic nitrogens is 2. The first-order valence-electron chi connectivity index (χ1n) is 5.85. The maximum atomic E-state index is 12.1. The van der Waals surface area contributed by atoms with Crippen LogP contribution in [0.25, 0.3) is 5.69 Å². The van der Waals surface area contributed by atoms with Gasteiger partial charge in [0.1, 0.15) is 5.75 Å². The smallest absolute Gasteiger partial charge is 0.320 e. The van der Waals surface area contributed by atoms with Gasteiger partial charge in [0.05, 0.1) is 17.8 Å². The number of hydrogen-bond acceptors (Lipinski definition) is 3. The molecule has 1 aromatic heterocycles. The summed E-state index contributed by atoms with van der Waals surface area (Å²) in [5, 5.41) is 0.368. The molecule has 0 saturated carbocycles. The first-order chi connectivity index (χ1) is 9.58. The van der Waals surface area contributed by atoms with E-state index in [-0.39, 0.29) is 6.54 Å². The van der Waals surface area contributed by atoms with Crippen LogP contribution in [-0.4, -0.2) is 16.2 Å². The predicted octanol–water partition coefficient (Wildman–Crippen LogP) is 1.85. The van der Waals surface area contributed by atoms with Crippen LogP contribution in [0.15, 0.2) is 52.8 Å². The topological polar surface area (TPSA) is 53.2 Å². The summed E-state index contributed by atoms with van der Waals surface area (Å²) >= 11 is 6.02. The quantitative estimate of drug-likeness (QED) is 0.638. The molecule has 0 aliphatic carbocycles. The van der Waals surface area contributed by atoms with Crippen LogP contribution < -0.4 is 15.9 Å². The molecule has 0 aliphatic heterocycles. The van der Waals surface area contributed by atoms with Crippen molar-refractivity contribution in [2.45, 2.75) is 6.54 Å². The molecule has 0 amide bonds. The summed E-state index contributed by atoms with van der Waals surface area (Å²) in [7, 11) is 1.50. The van der Waals surface area contributed by atoms with Gasteiger partial charge >= 0.3 is 11.1 Å². The largest absolute Gasteiger partial charge is 0.495 e. The van der Waals surface area contributed by atoms with Gasteiger partial charge in [0.25, 0.3) is 0 Å². The molecule has 0 atom stereocenters. The lowest BCUT2D eigenvalue weighted by atomic mass is 10.3. The van der Waals surface area contributed by atoms with E-state index in [1.165, 1.54) is 28.6 Å². The Balaban J connectivity index is 2.57. The second-order valence-electron chi connectivity index (χ2n) is 4.04. The lowest BCUT2D eigenvalue weighted by Gasteiger charge is -2.09. The molecular formula is C14H13ClN2O3. The zero-order chi connectivity index (χ0) is 14.7. The minimum Gasteiger partial charge on any atom is -0.495 e. The van der Waals surface area contributed by atoms with Gasteiger partial charge in [-0.3, -0.25) is 14.2 Å². The molecule has 5 nitrogen and oxygen atoms in total. The summed E-state index contributed by atoms with van der Waals surface area (Å²) in [6.07, 6.45) is 4.60. The van der Waals surface area contributed by atoms with E-state index in [1.54, 1.807) is 24.3 Å². The fourth-order valence-corrected chi connectivity index (χ4v) is 2.05. The third-order valence-electron chi connectivity index (χ3n) is 2.80. The van der Waals surface area contributed by atoms with Crippen molar-refractivity contribution in [2.75, 3.05) is 7.11 Å². The minimum atomic E-state index is -0.643. The van der Waals surface area contributed by atoms with Crippen LogP contribution >= 0.6 is 11.6 Å². The monoisotopic (exact) mass is 292 g/mol. The van der Waals surface area contributed by atoms with Crippen molar-refractivity contribution in [3.8, 4) is 11.4 Å². The SMILES string of the molecule is C=CCn1ccn(-c2ccc(OC)c(Cl)c2)c(=O)c1=O.